The van der Waals surface area contributed by atoms with Gasteiger partial charge in [0.15, 0.2) is 34.7 Å². The topological polar surface area (TPSA) is 0 Å². The monoisotopic (exact) mass is 168 g/mol. The molecule has 0 fully saturated rings. The zero-order chi connectivity index (χ0) is 0. The fourth-order valence-corrected chi connectivity index (χ4v) is 0. The summed E-state index contributed by atoms with van der Waals surface area (Å²) in [5.41, 5.74) is 0. The van der Waals surface area contributed by atoms with Crippen molar-refractivity contribution in [2.24, 2.45) is 0 Å². The Balaban J connectivity index is 0. The van der Waals surface area contributed by atoms with Gasteiger partial charge in [-0.05, 0) is 0 Å². The van der Waals surface area contributed by atoms with Crippen LogP contribution in [0.25, 0.3) is 0 Å². The van der Waals surface area contributed by atoms with Crippen molar-refractivity contribution in [1.29, 1.82) is 0 Å². The van der Waals surface area contributed by atoms with Gasteiger partial charge in [0.2, 0.25) is 0 Å². The Labute approximate surface area is 71.6 Å². The van der Waals surface area contributed by atoms with Gasteiger partial charge in [0.05, 0.1) is 0 Å². The maximum atomic E-state index is 0. The summed E-state index contributed by atoms with van der Waals surface area (Å²) in [5, 5.41) is 0. The van der Waals surface area contributed by atoms with Crippen molar-refractivity contribution in [3.63, 3.8) is 0 Å². The van der Waals surface area contributed by atoms with Crippen LogP contribution in [0.5, 0.6) is 0 Å². The highest BCUT2D eigenvalue weighted by atomic mass is 35.5. The molecule has 0 bridgehead atoms. The van der Waals surface area contributed by atoms with Gasteiger partial charge in [-0.3, -0.25) is 0 Å². The lowest BCUT2D eigenvalue weighted by atomic mass is 27.0. The van der Waals surface area contributed by atoms with Crippen LogP contribution in [-0.4, -0.2) is 34.7 Å². The second-order valence-corrected chi connectivity index (χ2v) is 0. The third-order valence-corrected chi connectivity index (χ3v) is 0. The lowest BCUT2D eigenvalue weighted by molar-refractivity contribution is 5.75. The van der Waals surface area contributed by atoms with Crippen molar-refractivity contribution in [3.8, 4) is 0 Å². The lowest BCUT2D eigenvalue weighted by Gasteiger charge is -0.148. The standard InChI is InChI=1S/2Al.3ClH.6H/h;;3*1H;;;;;;. The molecule has 5 heavy (non-hydrogen) atoms. The zero-order valence-corrected chi connectivity index (χ0v) is 3.67. The van der Waals surface area contributed by atoms with Gasteiger partial charge in [-0.25, -0.2) is 0 Å². The minimum atomic E-state index is 0. The number of halogens is 3. The summed E-state index contributed by atoms with van der Waals surface area (Å²) < 4.78 is 0. The predicted octanol–water partition coefficient (Wildman–Crippen LogP) is -1.10. The first kappa shape index (κ1) is 65.2. The number of rotatable bonds is 0. The molecule has 0 aliphatic rings. The Hall–Kier alpha value is 1.93. The van der Waals surface area contributed by atoms with Crippen molar-refractivity contribution in [1.82, 2.24) is 0 Å². The quantitative estimate of drug-likeness (QED) is 0.404. The molecule has 0 aliphatic heterocycles. The number of hydrogen-bond donors (Lipinski definition) is 0. The largest absolute Gasteiger partial charge is 0.187 e. The third kappa shape index (κ3) is 24.5. The van der Waals surface area contributed by atoms with Gasteiger partial charge in [-0.1, -0.05) is 0 Å². The molecule has 0 aromatic heterocycles. The Morgan fingerprint density at radius 1 is 0.400 bits per heavy atom. The first-order valence-corrected chi connectivity index (χ1v) is 0. The molecule has 5 heteroatoms. The van der Waals surface area contributed by atoms with Crippen LogP contribution < -0.4 is 0 Å². The van der Waals surface area contributed by atoms with Crippen molar-refractivity contribution in [2.45, 2.75) is 0 Å². The molecule has 0 unspecified atom stereocenters. The molecular formula is H9Al2Cl3. The Morgan fingerprint density at radius 3 is 0.400 bits per heavy atom. The second-order valence-electron chi connectivity index (χ2n) is 0. The van der Waals surface area contributed by atoms with E-state index < -0.39 is 0 Å². The van der Waals surface area contributed by atoms with Crippen LogP contribution in [0.1, 0.15) is 0 Å². The highest BCUT2D eigenvalue weighted by molar-refractivity contribution is 5.86. The van der Waals surface area contributed by atoms with Crippen LogP contribution in [0.15, 0.2) is 0 Å². The van der Waals surface area contributed by atoms with Crippen LogP contribution in [0.3, 0.4) is 0 Å². The molecule has 0 aromatic rings. The predicted molar refractivity (Wildman–Crippen MR) is 41.6 cm³/mol. The van der Waals surface area contributed by atoms with Crippen molar-refractivity contribution in [3.05, 3.63) is 0 Å². The van der Waals surface area contributed by atoms with E-state index in [2.05, 4.69) is 0 Å². The average molecular weight is 169 g/mol. The smallest absolute Gasteiger partial charge is 0.147 e. The molecule has 0 heterocycles. The van der Waals surface area contributed by atoms with Gasteiger partial charge in [0.1, 0.15) is 0 Å². The van der Waals surface area contributed by atoms with Gasteiger partial charge < -0.3 is 0 Å². The van der Waals surface area contributed by atoms with E-state index in [0.29, 0.717) is 0 Å². The Kier molecular flexibility index (Phi) is 504. The summed E-state index contributed by atoms with van der Waals surface area (Å²) >= 11 is 0. The molecule has 0 N–H and O–H groups in total. The molecule has 0 amide bonds. The second kappa shape index (κ2) is 38.6. The minimum absolute atomic E-state index is 0. The minimum Gasteiger partial charge on any atom is -0.147 e. The molecule has 0 aliphatic carbocycles. The average Bonchev–Trinajstić information content (AvgIpc) is 0. The molecule has 0 spiro atoms. The first-order valence-electron chi connectivity index (χ1n) is 0. The normalized spacial score (nSPS) is 0. The fourth-order valence-electron chi connectivity index (χ4n) is 0. The lowest BCUT2D eigenvalue weighted by Crippen LogP contribution is -0.382. The van der Waals surface area contributed by atoms with Crippen LogP contribution in [0.4, 0.5) is 0 Å². The van der Waals surface area contributed by atoms with E-state index in [1.807, 2.05) is 0 Å². The van der Waals surface area contributed by atoms with E-state index in [1.54, 1.807) is 0 Å². The fraction of sp³-hybridized carbons (Fsp3) is 0. The maximum Gasteiger partial charge on any atom is 0.187 e. The third-order valence-electron chi connectivity index (χ3n) is 0. The van der Waals surface area contributed by atoms with E-state index in [4.69, 9.17) is 0 Å². The molecule has 36 valence electrons. The van der Waals surface area contributed by atoms with Crippen molar-refractivity contribution < 1.29 is 0 Å². The highest BCUT2D eigenvalue weighted by Gasteiger charge is 0.188. The summed E-state index contributed by atoms with van der Waals surface area (Å²) in [5.74, 6) is 0. The van der Waals surface area contributed by atoms with E-state index in [9.17, 15) is 0 Å². The first-order chi connectivity index (χ1) is 0. The molecule has 0 aromatic carbocycles. The van der Waals surface area contributed by atoms with E-state index in [-0.39, 0.29) is 71.9 Å². The SMILES string of the molecule is Cl.Cl.Cl.[AlH3].[AlH3]. The molecular weight excluding hydrogens is 160 g/mol. The maximum absolute atomic E-state index is 0. The van der Waals surface area contributed by atoms with Crippen LogP contribution >= 0.6 is 37.2 Å². The van der Waals surface area contributed by atoms with Gasteiger partial charge in [-0.2, -0.15) is 0 Å². The van der Waals surface area contributed by atoms with Gasteiger partial charge in [0.25, 0.3) is 0 Å². The van der Waals surface area contributed by atoms with Gasteiger partial charge >= 0.3 is 0 Å². The van der Waals surface area contributed by atoms with E-state index in [0.717, 1.165) is 0 Å². The Morgan fingerprint density at radius 2 is 0.400 bits per heavy atom. The molecule has 0 atom stereocenters. The van der Waals surface area contributed by atoms with Crippen LogP contribution in [0.2, 0.25) is 0 Å². The highest BCUT2D eigenvalue weighted by Crippen LogP contribution is 0.692. The summed E-state index contributed by atoms with van der Waals surface area (Å²) in [7, 11) is 0. The molecule has 0 saturated carbocycles. The van der Waals surface area contributed by atoms with Gasteiger partial charge in [-0.15, -0.1) is 37.2 Å². The molecule has 0 saturated heterocycles. The van der Waals surface area contributed by atoms with Crippen LogP contribution in [-0.2, 0) is 0 Å². The summed E-state index contributed by atoms with van der Waals surface area (Å²) in [4.78, 5) is 0. The molecule has 0 radical (unpaired) electrons. The van der Waals surface area contributed by atoms with Crippen molar-refractivity contribution >= 4 is 71.9 Å². The molecule has 0 nitrogen and oxygen atoms in total. The van der Waals surface area contributed by atoms with E-state index in [1.165, 1.54) is 0 Å². The Bertz CT molecular complexity index is 4.85. The summed E-state index contributed by atoms with van der Waals surface area (Å²) in [6.07, 6.45) is 0. The summed E-state index contributed by atoms with van der Waals surface area (Å²) in [6.45, 7) is 0. The number of hydrogen-bond acceptors (Lipinski definition) is 0. The summed E-state index contributed by atoms with van der Waals surface area (Å²) in [6, 6.07) is 0. The molecule has 0 rings (SSSR count). The van der Waals surface area contributed by atoms with E-state index >= 15 is 0 Å². The van der Waals surface area contributed by atoms with Crippen molar-refractivity contribution in [2.75, 3.05) is 0 Å². The zero-order valence-electron chi connectivity index (χ0n) is 1.22. The van der Waals surface area contributed by atoms with Crippen LogP contribution in [0, 0.1) is 0 Å². The van der Waals surface area contributed by atoms with Gasteiger partial charge in [0, 0.05) is 0 Å².